The predicted molar refractivity (Wildman–Crippen MR) is 107 cm³/mol. The van der Waals surface area contributed by atoms with Gasteiger partial charge in [-0.25, -0.2) is 4.98 Å². The van der Waals surface area contributed by atoms with Gasteiger partial charge in [0.05, 0.1) is 11.7 Å². The van der Waals surface area contributed by atoms with Gasteiger partial charge in [0, 0.05) is 18.0 Å². The summed E-state index contributed by atoms with van der Waals surface area (Å²) in [6.45, 7) is 12.2. The number of aromatic nitrogens is 2. The van der Waals surface area contributed by atoms with Crippen LogP contribution in [0.15, 0.2) is 11.1 Å². The summed E-state index contributed by atoms with van der Waals surface area (Å²) in [6.07, 6.45) is 4.60. The van der Waals surface area contributed by atoms with Crippen LogP contribution in [0.3, 0.4) is 0 Å². The SMILES string of the molecule is CCN(CC)C(=O)Cn1cnc2sc3c(c2c1=O)CC[C@@H](C(C)(C)C)C3. The number of likely N-dealkylation sites (N-methyl/N-ethyl adjacent to an activating group) is 1. The van der Waals surface area contributed by atoms with E-state index in [1.165, 1.54) is 21.3 Å². The van der Waals surface area contributed by atoms with Gasteiger partial charge in [-0.3, -0.25) is 14.2 Å². The second kappa shape index (κ2) is 7.14. The largest absolute Gasteiger partial charge is 0.342 e. The number of carbonyl (C=O) groups is 1. The van der Waals surface area contributed by atoms with Crippen molar-refractivity contribution in [3.8, 4) is 0 Å². The van der Waals surface area contributed by atoms with Crippen molar-refractivity contribution < 1.29 is 4.79 Å². The molecule has 1 aliphatic rings. The van der Waals surface area contributed by atoms with Crippen LogP contribution in [0.5, 0.6) is 0 Å². The van der Waals surface area contributed by atoms with Crippen molar-refractivity contribution in [1.82, 2.24) is 14.5 Å². The minimum absolute atomic E-state index is 0.0323. The van der Waals surface area contributed by atoms with Crippen LogP contribution in [0.2, 0.25) is 0 Å². The van der Waals surface area contributed by atoms with Gasteiger partial charge in [0.2, 0.25) is 5.91 Å². The third-order valence-electron chi connectivity index (χ3n) is 5.68. The Bertz CT molecular complexity index is 872. The number of hydrogen-bond acceptors (Lipinski definition) is 4. The average molecular weight is 376 g/mol. The summed E-state index contributed by atoms with van der Waals surface area (Å²) in [5, 5.41) is 0.743. The lowest BCUT2D eigenvalue weighted by molar-refractivity contribution is -0.131. The first-order chi connectivity index (χ1) is 12.3. The van der Waals surface area contributed by atoms with E-state index in [0.717, 1.165) is 29.5 Å². The van der Waals surface area contributed by atoms with E-state index in [0.29, 0.717) is 19.0 Å². The Hall–Kier alpha value is -1.69. The molecule has 0 unspecified atom stereocenters. The zero-order valence-electron chi connectivity index (χ0n) is 16.5. The first-order valence-corrected chi connectivity index (χ1v) is 10.3. The molecule has 0 aliphatic heterocycles. The van der Waals surface area contributed by atoms with Crippen LogP contribution in [0.1, 0.15) is 51.5 Å². The molecule has 1 amide bonds. The summed E-state index contributed by atoms with van der Waals surface area (Å²) < 4.78 is 1.48. The monoisotopic (exact) mass is 375 g/mol. The zero-order valence-corrected chi connectivity index (χ0v) is 17.3. The smallest absolute Gasteiger partial charge is 0.262 e. The van der Waals surface area contributed by atoms with Gasteiger partial charge < -0.3 is 4.90 Å². The Labute approximate surface area is 159 Å². The Morgan fingerprint density at radius 1 is 1.35 bits per heavy atom. The number of nitrogens with zero attached hydrogens (tertiary/aromatic N) is 3. The third kappa shape index (κ3) is 3.43. The van der Waals surface area contributed by atoms with Crippen LogP contribution in [0, 0.1) is 11.3 Å². The molecular formula is C20H29N3O2S. The quantitative estimate of drug-likeness (QED) is 0.822. The molecule has 0 spiro atoms. The van der Waals surface area contributed by atoms with Crippen molar-refractivity contribution in [1.29, 1.82) is 0 Å². The van der Waals surface area contributed by atoms with Gasteiger partial charge in [0.25, 0.3) is 5.56 Å². The summed E-state index contributed by atoms with van der Waals surface area (Å²) in [5.41, 5.74) is 1.38. The van der Waals surface area contributed by atoms with Gasteiger partial charge in [0.1, 0.15) is 11.4 Å². The Balaban J connectivity index is 1.96. The summed E-state index contributed by atoms with van der Waals surface area (Å²) in [4.78, 5) is 33.8. The second-order valence-corrected chi connectivity index (χ2v) is 9.32. The van der Waals surface area contributed by atoms with E-state index in [9.17, 15) is 9.59 Å². The lowest BCUT2D eigenvalue weighted by atomic mass is 9.72. The van der Waals surface area contributed by atoms with Gasteiger partial charge in [-0.1, -0.05) is 20.8 Å². The van der Waals surface area contributed by atoms with Crippen LogP contribution in [-0.4, -0.2) is 33.4 Å². The molecule has 0 fully saturated rings. The molecule has 0 saturated heterocycles. The summed E-state index contributed by atoms with van der Waals surface area (Å²) in [7, 11) is 0. The number of rotatable bonds is 4. The van der Waals surface area contributed by atoms with Gasteiger partial charge >= 0.3 is 0 Å². The molecule has 6 heteroatoms. The fourth-order valence-corrected chi connectivity index (χ4v) is 5.13. The van der Waals surface area contributed by atoms with Gasteiger partial charge in [0.15, 0.2) is 0 Å². The molecule has 0 saturated carbocycles. The van der Waals surface area contributed by atoms with E-state index in [4.69, 9.17) is 0 Å². The minimum atomic E-state index is -0.0674. The molecule has 142 valence electrons. The van der Waals surface area contributed by atoms with Crippen molar-refractivity contribution >= 4 is 27.5 Å². The molecule has 3 rings (SSSR count). The fourth-order valence-electron chi connectivity index (χ4n) is 3.88. The maximum Gasteiger partial charge on any atom is 0.262 e. The number of fused-ring (bicyclic) bond motifs is 3. The van der Waals surface area contributed by atoms with E-state index in [1.807, 2.05) is 13.8 Å². The maximum absolute atomic E-state index is 13.0. The number of thiophene rings is 1. The highest BCUT2D eigenvalue weighted by molar-refractivity contribution is 7.18. The van der Waals surface area contributed by atoms with Crippen LogP contribution >= 0.6 is 11.3 Å². The molecule has 0 N–H and O–H groups in total. The molecule has 0 radical (unpaired) electrons. The lowest BCUT2D eigenvalue weighted by Gasteiger charge is -2.33. The minimum Gasteiger partial charge on any atom is -0.342 e. The first-order valence-electron chi connectivity index (χ1n) is 9.53. The lowest BCUT2D eigenvalue weighted by Crippen LogP contribution is -2.36. The first kappa shape index (κ1) is 19.1. The van der Waals surface area contributed by atoms with E-state index in [1.54, 1.807) is 16.2 Å². The summed E-state index contributed by atoms with van der Waals surface area (Å²) in [5.74, 6) is 0.602. The highest BCUT2D eigenvalue weighted by Gasteiger charge is 2.31. The van der Waals surface area contributed by atoms with E-state index in [-0.39, 0.29) is 23.4 Å². The van der Waals surface area contributed by atoms with Crippen molar-refractivity contribution in [3.63, 3.8) is 0 Å². The van der Waals surface area contributed by atoms with Gasteiger partial charge in [-0.05, 0) is 50.0 Å². The van der Waals surface area contributed by atoms with Crippen LogP contribution in [-0.2, 0) is 24.2 Å². The van der Waals surface area contributed by atoms with E-state index in [2.05, 4.69) is 25.8 Å². The molecule has 5 nitrogen and oxygen atoms in total. The average Bonchev–Trinajstić information content (AvgIpc) is 2.96. The van der Waals surface area contributed by atoms with Gasteiger partial charge in [-0.15, -0.1) is 11.3 Å². The number of carbonyl (C=O) groups excluding carboxylic acids is 1. The maximum atomic E-state index is 13.0. The van der Waals surface area contributed by atoms with E-state index >= 15 is 0 Å². The number of hydrogen-bond donors (Lipinski definition) is 0. The summed E-state index contributed by atoms with van der Waals surface area (Å²) >= 11 is 1.66. The molecule has 2 heterocycles. The number of aryl methyl sites for hydroxylation is 1. The van der Waals surface area contributed by atoms with Gasteiger partial charge in [-0.2, -0.15) is 0 Å². The molecule has 2 aromatic heterocycles. The Morgan fingerprint density at radius 2 is 2.04 bits per heavy atom. The van der Waals surface area contributed by atoms with Crippen molar-refractivity contribution in [2.24, 2.45) is 11.3 Å². The standard InChI is InChI=1S/C20H29N3O2S/c1-6-22(7-2)16(24)11-23-12-21-18-17(19(23)25)14-9-8-13(20(3,4)5)10-15(14)26-18/h12-13H,6-11H2,1-5H3/t13-/m1/s1. The Kier molecular flexibility index (Phi) is 5.24. The molecule has 1 aliphatic carbocycles. The predicted octanol–water partition coefficient (Wildman–Crippen LogP) is 3.48. The van der Waals surface area contributed by atoms with Crippen molar-refractivity contribution in [2.45, 2.75) is 60.4 Å². The van der Waals surface area contributed by atoms with Crippen LogP contribution < -0.4 is 5.56 Å². The number of amides is 1. The van der Waals surface area contributed by atoms with Crippen LogP contribution in [0.4, 0.5) is 0 Å². The van der Waals surface area contributed by atoms with Crippen molar-refractivity contribution in [2.75, 3.05) is 13.1 Å². The molecule has 0 bridgehead atoms. The highest BCUT2D eigenvalue weighted by atomic mass is 32.1. The topological polar surface area (TPSA) is 55.2 Å². The third-order valence-corrected chi connectivity index (χ3v) is 6.84. The van der Waals surface area contributed by atoms with E-state index < -0.39 is 0 Å². The molecule has 26 heavy (non-hydrogen) atoms. The van der Waals surface area contributed by atoms with Crippen molar-refractivity contribution in [3.05, 3.63) is 27.1 Å². The normalized spacial score (nSPS) is 17.3. The highest BCUT2D eigenvalue weighted by Crippen LogP contribution is 2.41. The summed E-state index contributed by atoms with van der Waals surface area (Å²) in [6, 6.07) is 0. The second-order valence-electron chi connectivity index (χ2n) is 8.23. The zero-order chi connectivity index (χ0) is 19.1. The fraction of sp³-hybridized carbons (Fsp3) is 0.650. The molecule has 2 aromatic rings. The molecule has 1 atom stereocenters. The van der Waals surface area contributed by atoms with Crippen LogP contribution in [0.25, 0.3) is 10.2 Å². The molecule has 0 aromatic carbocycles. The Morgan fingerprint density at radius 3 is 2.65 bits per heavy atom. The molecular weight excluding hydrogens is 346 g/mol.